The van der Waals surface area contributed by atoms with Crippen LogP contribution in [0.4, 0.5) is 11.5 Å². The van der Waals surface area contributed by atoms with Crippen molar-refractivity contribution in [2.24, 2.45) is 5.73 Å². The Morgan fingerprint density at radius 1 is 1.24 bits per heavy atom. The molecule has 110 valence electrons. The number of nitrogens with two attached hydrogens (primary N) is 2. The molecule has 2 aromatic rings. The number of anilines is 2. The monoisotopic (exact) mass is 285 g/mol. The highest BCUT2D eigenvalue weighted by Crippen LogP contribution is 2.22. The molecule has 0 aliphatic carbocycles. The van der Waals surface area contributed by atoms with Crippen LogP contribution in [0.5, 0.6) is 0 Å². The van der Waals surface area contributed by atoms with E-state index in [-0.39, 0.29) is 5.69 Å². The molecule has 0 atom stereocenters. The Balaban J connectivity index is 2.32. The number of aromatic nitrogens is 2. The second-order valence-electron chi connectivity index (χ2n) is 4.76. The summed E-state index contributed by atoms with van der Waals surface area (Å²) in [6.07, 6.45) is 0. The Kier molecular flexibility index (Phi) is 4.37. The fourth-order valence-electron chi connectivity index (χ4n) is 2.07. The van der Waals surface area contributed by atoms with Crippen LogP contribution in [-0.2, 0) is 6.54 Å². The van der Waals surface area contributed by atoms with Gasteiger partial charge in [0.15, 0.2) is 5.82 Å². The van der Waals surface area contributed by atoms with Crippen LogP contribution in [0.2, 0.25) is 0 Å². The Morgan fingerprint density at radius 2 is 2.00 bits per heavy atom. The minimum atomic E-state index is -0.569. The number of nitrogens with zero attached hydrogens (tertiary/aromatic N) is 3. The van der Waals surface area contributed by atoms with Gasteiger partial charge in [0.2, 0.25) is 0 Å². The maximum atomic E-state index is 11.3. The molecule has 0 saturated heterocycles. The van der Waals surface area contributed by atoms with Gasteiger partial charge in [-0.3, -0.25) is 9.78 Å². The summed E-state index contributed by atoms with van der Waals surface area (Å²) in [4.78, 5) is 22.0. The maximum Gasteiger partial charge on any atom is 0.267 e. The molecular weight excluding hydrogens is 266 g/mol. The molecule has 0 fully saturated rings. The van der Waals surface area contributed by atoms with Gasteiger partial charge >= 0.3 is 0 Å². The zero-order valence-corrected chi connectivity index (χ0v) is 12.2. The quantitative estimate of drug-likeness (QED) is 0.867. The van der Waals surface area contributed by atoms with E-state index >= 15 is 0 Å². The van der Waals surface area contributed by atoms with Crippen LogP contribution in [0.25, 0.3) is 0 Å². The van der Waals surface area contributed by atoms with Gasteiger partial charge in [0.05, 0.1) is 17.9 Å². The first kappa shape index (κ1) is 14.8. The van der Waals surface area contributed by atoms with Gasteiger partial charge in [-0.05, 0) is 38.1 Å². The van der Waals surface area contributed by atoms with Crippen LogP contribution in [0, 0.1) is 6.92 Å². The van der Waals surface area contributed by atoms with E-state index in [0.717, 1.165) is 11.4 Å². The average molecular weight is 285 g/mol. The molecule has 0 aliphatic rings. The van der Waals surface area contributed by atoms with Gasteiger partial charge in [-0.2, -0.15) is 0 Å². The zero-order valence-electron chi connectivity index (χ0n) is 12.2. The van der Waals surface area contributed by atoms with Crippen LogP contribution in [0.3, 0.4) is 0 Å². The molecule has 2 rings (SSSR count). The minimum absolute atomic E-state index is 0.204. The molecule has 21 heavy (non-hydrogen) atoms. The van der Waals surface area contributed by atoms with Crippen LogP contribution in [0.1, 0.15) is 28.8 Å². The normalized spacial score (nSPS) is 10.4. The number of hydrogen-bond acceptors (Lipinski definition) is 5. The number of carbonyl (C=O) groups is 1. The first-order valence-corrected chi connectivity index (χ1v) is 6.75. The Hall–Kier alpha value is -2.63. The second kappa shape index (κ2) is 6.21. The standard InChI is InChI=1S/C15H19N5O/c1-3-20(9-11-6-4-5-10(2)18-11)15-12(16)7-8-13(19-15)14(17)21/h4-8H,3,9,16H2,1-2H3,(H2,17,21). The predicted molar refractivity (Wildman–Crippen MR) is 82.9 cm³/mol. The lowest BCUT2D eigenvalue weighted by molar-refractivity contribution is 0.0995. The van der Waals surface area contributed by atoms with E-state index in [9.17, 15) is 4.79 Å². The number of rotatable bonds is 5. The Bertz CT molecular complexity index is 656. The number of pyridine rings is 2. The molecule has 0 unspecified atom stereocenters. The highest BCUT2D eigenvalue weighted by Gasteiger charge is 2.14. The number of nitrogen functional groups attached to an aromatic ring is 1. The smallest absolute Gasteiger partial charge is 0.267 e. The molecular formula is C15H19N5O. The van der Waals surface area contributed by atoms with Crippen molar-refractivity contribution in [3.05, 3.63) is 47.4 Å². The number of primary amides is 1. The van der Waals surface area contributed by atoms with Gasteiger partial charge in [-0.25, -0.2) is 4.98 Å². The van der Waals surface area contributed by atoms with Crippen LogP contribution in [-0.4, -0.2) is 22.4 Å². The molecule has 1 amide bonds. The largest absolute Gasteiger partial charge is 0.396 e. The molecule has 2 aromatic heterocycles. The molecule has 0 spiro atoms. The lowest BCUT2D eigenvalue weighted by atomic mass is 10.2. The molecule has 6 heteroatoms. The van der Waals surface area contributed by atoms with Gasteiger partial charge in [-0.15, -0.1) is 0 Å². The summed E-state index contributed by atoms with van der Waals surface area (Å²) < 4.78 is 0. The first-order valence-electron chi connectivity index (χ1n) is 6.75. The van der Waals surface area contributed by atoms with Gasteiger partial charge in [0.1, 0.15) is 5.69 Å². The van der Waals surface area contributed by atoms with Gasteiger partial charge in [0, 0.05) is 12.2 Å². The zero-order chi connectivity index (χ0) is 15.4. The fraction of sp³-hybridized carbons (Fsp3) is 0.267. The van der Waals surface area contributed by atoms with E-state index in [4.69, 9.17) is 11.5 Å². The van der Waals surface area contributed by atoms with E-state index < -0.39 is 5.91 Å². The van der Waals surface area contributed by atoms with E-state index in [2.05, 4.69) is 9.97 Å². The summed E-state index contributed by atoms with van der Waals surface area (Å²) in [5.41, 5.74) is 13.8. The van der Waals surface area contributed by atoms with Gasteiger partial charge in [0.25, 0.3) is 5.91 Å². The number of hydrogen-bond donors (Lipinski definition) is 2. The lowest BCUT2D eigenvalue weighted by Gasteiger charge is -2.23. The van der Waals surface area contributed by atoms with Crippen molar-refractivity contribution in [2.75, 3.05) is 17.2 Å². The van der Waals surface area contributed by atoms with Crippen molar-refractivity contribution in [3.8, 4) is 0 Å². The van der Waals surface area contributed by atoms with Crippen molar-refractivity contribution in [3.63, 3.8) is 0 Å². The van der Waals surface area contributed by atoms with Crippen molar-refractivity contribution in [1.29, 1.82) is 0 Å². The summed E-state index contributed by atoms with van der Waals surface area (Å²) in [7, 11) is 0. The molecule has 0 aliphatic heterocycles. The third-order valence-electron chi connectivity index (χ3n) is 3.14. The summed E-state index contributed by atoms with van der Waals surface area (Å²) in [6, 6.07) is 9.03. The summed E-state index contributed by atoms with van der Waals surface area (Å²) in [5.74, 6) is -0.0157. The van der Waals surface area contributed by atoms with Crippen LogP contribution in [0.15, 0.2) is 30.3 Å². The third-order valence-corrected chi connectivity index (χ3v) is 3.14. The summed E-state index contributed by atoms with van der Waals surface area (Å²) >= 11 is 0. The van der Waals surface area contributed by atoms with Crippen molar-refractivity contribution < 1.29 is 4.79 Å². The molecule has 0 saturated carbocycles. The summed E-state index contributed by atoms with van der Waals surface area (Å²) in [6.45, 7) is 5.20. The first-order chi connectivity index (χ1) is 10.0. The molecule has 0 bridgehead atoms. The number of amides is 1. The van der Waals surface area contributed by atoms with E-state index in [1.54, 1.807) is 6.07 Å². The molecule has 0 radical (unpaired) electrons. The highest BCUT2D eigenvalue weighted by molar-refractivity contribution is 5.91. The topological polar surface area (TPSA) is 98.1 Å². The maximum absolute atomic E-state index is 11.3. The Labute approximate surface area is 123 Å². The van der Waals surface area contributed by atoms with E-state index in [1.165, 1.54) is 6.07 Å². The molecule has 4 N–H and O–H groups in total. The highest BCUT2D eigenvalue weighted by atomic mass is 16.1. The van der Waals surface area contributed by atoms with Crippen molar-refractivity contribution in [2.45, 2.75) is 20.4 Å². The third kappa shape index (κ3) is 3.47. The van der Waals surface area contributed by atoms with Crippen LogP contribution < -0.4 is 16.4 Å². The molecule has 0 aromatic carbocycles. The van der Waals surface area contributed by atoms with E-state index in [0.29, 0.717) is 24.6 Å². The van der Waals surface area contributed by atoms with Crippen molar-refractivity contribution >= 4 is 17.4 Å². The second-order valence-corrected chi connectivity index (χ2v) is 4.76. The number of carbonyl (C=O) groups excluding carboxylic acids is 1. The van der Waals surface area contributed by atoms with Gasteiger partial charge < -0.3 is 16.4 Å². The molecule has 2 heterocycles. The van der Waals surface area contributed by atoms with Gasteiger partial charge in [-0.1, -0.05) is 6.07 Å². The number of aryl methyl sites for hydroxylation is 1. The Morgan fingerprint density at radius 3 is 2.62 bits per heavy atom. The molecule has 6 nitrogen and oxygen atoms in total. The van der Waals surface area contributed by atoms with E-state index in [1.807, 2.05) is 36.9 Å². The summed E-state index contributed by atoms with van der Waals surface area (Å²) in [5, 5.41) is 0. The lowest BCUT2D eigenvalue weighted by Crippen LogP contribution is -2.26. The van der Waals surface area contributed by atoms with Crippen LogP contribution >= 0.6 is 0 Å². The predicted octanol–water partition coefficient (Wildman–Crippen LogP) is 1.49. The SMILES string of the molecule is CCN(Cc1cccc(C)n1)c1nc(C(N)=O)ccc1N. The van der Waals surface area contributed by atoms with Crippen molar-refractivity contribution in [1.82, 2.24) is 9.97 Å². The fourth-order valence-corrected chi connectivity index (χ4v) is 2.07. The minimum Gasteiger partial charge on any atom is -0.396 e. The average Bonchev–Trinajstić information content (AvgIpc) is 2.45.